The van der Waals surface area contributed by atoms with E-state index in [4.69, 9.17) is 4.74 Å². The highest BCUT2D eigenvalue weighted by Gasteiger charge is 2.15. The summed E-state index contributed by atoms with van der Waals surface area (Å²) in [4.78, 5) is 1.43. The zero-order valence-corrected chi connectivity index (χ0v) is 13.9. The van der Waals surface area contributed by atoms with Crippen LogP contribution in [0.1, 0.15) is 23.4 Å². The summed E-state index contributed by atoms with van der Waals surface area (Å²) in [7, 11) is 1.70. The second-order valence-electron chi connectivity index (χ2n) is 4.96. The van der Waals surface area contributed by atoms with Gasteiger partial charge in [-0.25, -0.2) is 0 Å². The van der Waals surface area contributed by atoms with E-state index in [2.05, 4.69) is 41.9 Å². The molecule has 2 aromatic heterocycles. The number of hydrogen-bond acceptors (Lipinski definition) is 4. The standard InChI is InChI=1S/C17H19NOS2/c1-3-18-14(10-12-4-6-13(19-2)7-5-12)16-11-17-15(21-16)8-9-20-17/h4-9,11,14,18H,3,10H2,1-2H3. The van der Waals surface area contributed by atoms with Crippen LogP contribution in [-0.4, -0.2) is 13.7 Å². The zero-order chi connectivity index (χ0) is 14.7. The Bertz CT molecular complexity index is 670. The predicted octanol–water partition coefficient (Wildman–Crippen LogP) is 4.86. The van der Waals surface area contributed by atoms with Crippen LogP contribution >= 0.6 is 22.7 Å². The van der Waals surface area contributed by atoms with Gasteiger partial charge in [0, 0.05) is 20.3 Å². The minimum atomic E-state index is 0.382. The maximum Gasteiger partial charge on any atom is 0.118 e. The van der Waals surface area contributed by atoms with Crippen LogP contribution in [0, 0.1) is 0 Å². The van der Waals surface area contributed by atoms with Crippen molar-refractivity contribution in [3.63, 3.8) is 0 Å². The summed E-state index contributed by atoms with van der Waals surface area (Å²) < 4.78 is 8.02. The molecule has 0 bridgehead atoms. The Hall–Kier alpha value is -1.36. The average Bonchev–Trinajstić information content (AvgIpc) is 3.09. The number of fused-ring (bicyclic) bond motifs is 1. The molecule has 0 spiro atoms. The molecular formula is C17H19NOS2. The Labute approximate surface area is 133 Å². The van der Waals surface area contributed by atoms with E-state index in [0.717, 1.165) is 18.7 Å². The summed E-state index contributed by atoms with van der Waals surface area (Å²) in [6.45, 7) is 3.14. The molecule has 2 heterocycles. The van der Waals surface area contributed by atoms with Gasteiger partial charge in [0.1, 0.15) is 5.75 Å². The SMILES string of the molecule is CCNC(Cc1ccc(OC)cc1)c1cc2sccc2s1. The predicted molar refractivity (Wildman–Crippen MR) is 92.8 cm³/mol. The van der Waals surface area contributed by atoms with E-state index in [1.807, 2.05) is 34.8 Å². The van der Waals surface area contributed by atoms with Gasteiger partial charge in [0.05, 0.1) is 7.11 Å². The first kappa shape index (κ1) is 14.6. The van der Waals surface area contributed by atoms with Crippen LogP contribution < -0.4 is 10.1 Å². The molecular weight excluding hydrogens is 298 g/mol. The number of hydrogen-bond donors (Lipinski definition) is 1. The molecule has 0 fully saturated rings. The first-order valence-electron chi connectivity index (χ1n) is 7.13. The van der Waals surface area contributed by atoms with Gasteiger partial charge in [0.2, 0.25) is 0 Å². The smallest absolute Gasteiger partial charge is 0.118 e. The lowest BCUT2D eigenvalue weighted by molar-refractivity contribution is 0.414. The minimum absolute atomic E-state index is 0.382. The van der Waals surface area contributed by atoms with E-state index >= 15 is 0 Å². The van der Waals surface area contributed by atoms with Crippen LogP contribution in [0.25, 0.3) is 9.40 Å². The maximum absolute atomic E-state index is 5.22. The molecule has 2 nitrogen and oxygen atoms in total. The average molecular weight is 317 g/mol. The van der Waals surface area contributed by atoms with Crippen LogP contribution in [-0.2, 0) is 6.42 Å². The van der Waals surface area contributed by atoms with Crippen LogP contribution in [0.4, 0.5) is 0 Å². The molecule has 21 heavy (non-hydrogen) atoms. The summed E-state index contributed by atoms with van der Waals surface area (Å²) >= 11 is 3.72. The molecule has 3 rings (SSSR count). The largest absolute Gasteiger partial charge is 0.497 e. The fourth-order valence-electron chi connectivity index (χ4n) is 2.47. The van der Waals surface area contributed by atoms with Crippen molar-refractivity contribution in [2.75, 3.05) is 13.7 Å². The molecule has 1 N–H and O–H groups in total. The number of likely N-dealkylation sites (N-methyl/N-ethyl adjacent to an activating group) is 1. The molecule has 0 aliphatic carbocycles. The number of ether oxygens (including phenoxy) is 1. The van der Waals surface area contributed by atoms with E-state index < -0.39 is 0 Å². The summed E-state index contributed by atoms with van der Waals surface area (Å²) in [6, 6.07) is 13.3. The normalized spacial score (nSPS) is 12.7. The van der Waals surface area contributed by atoms with Crippen molar-refractivity contribution >= 4 is 32.1 Å². The Morgan fingerprint density at radius 1 is 1.14 bits per heavy atom. The monoisotopic (exact) mass is 317 g/mol. The molecule has 0 aliphatic rings. The lowest BCUT2D eigenvalue weighted by Gasteiger charge is -2.16. The van der Waals surface area contributed by atoms with E-state index in [1.165, 1.54) is 19.8 Å². The molecule has 0 aliphatic heterocycles. The molecule has 1 unspecified atom stereocenters. The second kappa shape index (κ2) is 6.60. The molecule has 1 atom stereocenters. The van der Waals surface area contributed by atoms with Gasteiger partial charge < -0.3 is 10.1 Å². The summed E-state index contributed by atoms with van der Waals surface area (Å²) in [5.41, 5.74) is 1.33. The van der Waals surface area contributed by atoms with Gasteiger partial charge in [-0.2, -0.15) is 0 Å². The van der Waals surface area contributed by atoms with Gasteiger partial charge in [0.15, 0.2) is 0 Å². The fraction of sp³-hybridized carbons (Fsp3) is 0.294. The van der Waals surface area contributed by atoms with Gasteiger partial charge in [-0.3, -0.25) is 0 Å². The molecule has 0 radical (unpaired) electrons. The van der Waals surface area contributed by atoms with Crippen LogP contribution in [0.5, 0.6) is 5.75 Å². The minimum Gasteiger partial charge on any atom is -0.497 e. The van der Waals surface area contributed by atoms with Crippen molar-refractivity contribution in [1.29, 1.82) is 0 Å². The molecule has 110 valence electrons. The topological polar surface area (TPSA) is 21.3 Å². The van der Waals surface area contributed by atoms with Gasteiger partial charge in [-0.05, 0) is 48.2 Å². The van der Waals surface area contributed by atoms with Crippen molar-refractivity contribution in [1.82, 2.24) is 5.32 Å². The molecule has 0 amide bonds. The molecule has 1 aromatic carbocycles. The Balaban J connectivity index is 1.81. The molecule has 4 heteroatoms. The van der Waals surface area contributed by atoms with Crippen molar-refractivity contribution < 1.29 is 4.74 Å². The van der Waals surface area contributed by atoms with Gasteiger partial charge in [-0.1, -0.05) is 19.1 Å². The van der Waals surface area contributed by atoms with E-state index in [9.17, 15) is 0 Å². The molecule has 0 saturated carbocycles. The van der Waals surface area contributed by atoms with E-state index in [-0.39, 0.29) is 0 Å². The van der Waals surface area contributed by atoms with Crippen molar-refractivity contribution in [2.24, 2.45) is 0 Å². The Kier molecular flexibility index (Phi) is 4.58. The van der Waals surface area contributed by atoms with Crippen molar-refractivity contribution in [3.05, 3.63) is 52.2 Å². The lowest BCUT2D eigenvalue weighted by Crippen LogP contribution is -2.22. The first-order valence-corrected chi connectivity index (χ1v) is 8.83. The first-order chi connectivity index (χ1) is 10.3. The number of nitrogens with one attached hydrogen (secondary N) is 1. The number of methoxy groups -OCH3 is 1. The highest BCUT2D eigenvalue weighted by atomic mass is 32.1. The van der Waals surface area contributed by atoms with Crippen LogP contribution in [0.15, 0.2) is 41.8 Å². The highest BCUT2D eigenvalue weighted by Crippen LogP contribution is 2.34. The van der Waals surface area contributed by atoms with Gasteiger partial charge in [-0.15, -0.1) is 22.7 Å². The lowest BCUT2D eigenvalue weighted by atomic mass is 10.0. The van der Waals surface area contributed by atoms with Crippen molar-refractivity contribution in [3.8, 4) is 5.75 Å². The summed E-state index contributed by atoms with van der Waals surface area (Å²) in [6.07, 6.45) is 1.01. The second-order valence-corrected chi connectivity index (χ2v) is 7.02. The summed E-state index contributed by atoms with van der Waals surface area (Å²) in [5, 5.41) is 5.77. The zero-order valence-electron chi connectivity index (χ0n) is 12.3. The Morgan fingerprint density at radius 2 is 1.95 bits per heavy atom. The van der Waals surface area contributed by atoms with Gasteiger partial charge in [0.25, 0.3) is 0 Å². The van der Waals surface area contributed by atoms with E-state index in [0.29, 0.717) is 6.04 Å². The van der Waals surface area contributed by atoms with Gasteiger partial charge >= 0.3 is 0 Å². The summed E-state index contributed by atoms with van der Waals surface area (Å²) in [5.74, 6) is 0.912. The van der Waals surface area contributed by atoms with Crippen molar-refractivity contribution in [2.45, 2.75) is 19.4 Å². The number of benzene rings is 1. The third-order valence-electron chi connectivity index (χ3n) is 3.55. The highest BCUT2D eigenvalue weighted by molar-refractivity contribution is 7.26. The quantitative estimate of drug-likeness (QED) is 0.700. The van der Waals surface area contributed by atoms with E-state index in [1.54, 1.807) is 7.11 Å². The molecule has 0 saturated heterocycles. The fourth-order valence-corrected chi connectivity index (χ4v) is 4.67. The number of rotatable bonds is 6. The third kappa shape index (κ3) is 3.28. The number of thiophene rings is 2. The van der Waals surface area contributed by atoms with Crippen LogP contribution in [0.2, 0.25) is 0 Å². The third-order valence-corrected chi connectivity index (χ3v) is 5.76. The Morgan fingerprint density at radius 3 is 2.62 bits per heavy atom. The van der Waals surface area contributed by atoms with Crippen LogP contribution in [0.3, 0.4) is 0 Å². The molecule has 3 aromatic rings. The maximum atomic E-state index is 5.22.